The SMILES string of the molecule is CN=C(NCCC1CCN(C)CC1)NCC(c1ccccc1OC)N1CCCC1. The van der Waals surface area contributed by atoms with Gasteiger partial charge >= 0.3 is 0 Å². The van der Waals surface area contributed by atoms with Crippen LogP contribution in [0.4, 0.5) is 0 Å². The number of methoxy groups -OCH3 is 1. The number of nitrogens with one attached hydrogen (secondary N) is 2. The third-order valence-electron chi connectivity index (χ3n) is 6.45. The Bertz CT molecular complexity index is 636. The highest BCUT2D eigenvalue weighted by Gasteiger charge is 2.26. The predicted molar refractivity (Wildman–Crippen MR) is 121 cm³/mol. The summed E-state index contributed by atoms with van der Waals surface area (Å²) in [4.78, 5) is 9.45. The van der Waals surface area contributed by atoms with Crippen LogP contribution in [0.3, 0.4) is 0 Å². The number of piperidine rings is 1. The van der Waals surface area contributed by atoms with Crippen LogP contribution in [0.2, 0.25) is 0 Å². The maximum atomic E-state index is 5.65. The first-order chi connectivity index (χ1) is 14.2. The topological polar surface area (TPSA) is 52.1 Å². The molecule has 2 heterocycles. The van der Waals surface area contributed by atoms with Gasteiger partial charge in [-0.1, -0.05) is 18.2 Å². The molecule has 1 aromatic rings. The summed E-state index contributed by atoms with van der Waals surface area (Å²) < 4.78 is 5.65. The van der Waals surface area contributed by atoms with E-state index in [0.29, 0.717) is 6.04 Å². The molecule has 2 fully saturated rings. The molecule has 0 radical (unpaired) electrons. The van der Waals surface area contributed by atoms with Crippen molar-refractivity contribution in [2.75, 3.05) is 60.5 Å². The molecule has 3 rings (SSSR count). The summed E-state index contributed by atoms with van der Waals surface area (Å²) >= 11 is 0. The van der Waals surface area contributed by atoms with Crippen molar-refractivity contribution in [1.29, 1.82) is 0 Å². The summed E-state index contributed by atoms with van der Waals surface area (Å²) in [5, 5.41) is 7.10. The molecule has 6 heteroatoms. The van der Waals surface area contributed by atoms with Gasteiger partial charge in [-0.15, -0.1) is 0 Å². The molecule has 1 unspecified atom stereocenters. The second-order valence-corrected chi connectivity index (χ2v) is 8.42. The van der Waals surface area contributed by atoms with Crippen LogP contribution in [0.25, 0.3) is 0 Å². The van der Waals surface area contributed by atoms with E-state index in [9.17, 15) is 0 Å². The Hall–Kier alpha value is -1.79. The largest absolute Gasteiger partial charge is 0.496 e. The number of ether oxygens (including phenoxy) is 1. The lowest BCUT2D eigenvalue weighted by Crippen LogP contribution is -2.43. The summed E-state index contributed by atoms with van der Waals surface area (Å²) in [6, 6.07) is 8.70. The van der Waals surface area contributed by atoms with Crippen molar-refractivity contribution in [3.05, 3.63) is 29.8 Å². The Balaban J connectivity index is 1.53. The number of guanidine groups is 1. The quantitative estimate of drug-likeness (QED) is 0.518. The lowest BCUT2D eigenvalue weighted by atomic mass is 9.94. The molecule has 2 aliphatic heterocycles. The zero-order chi connectivity index (χ0) is 20.5. The first-order valence-corrected chi connectivity index (χ1v) is 11.2. The fourth-order valence-corrected chi connectivity index (χ4v) is 4.59. The number of nitrogens with zero attached hydrogens (tertiary/aromatic N) is 3. The molecule has 1 atom stereocenters. The van der Waals surface area contributed by atoms with Crippen LogP contribution in [-0.2, 0) is 0 Å². The smallest absolute Gasteiger partial charge is 0.191 e. The van der Waals surface area contributed by atoms with Gasteiger partial charge < -0.3 is 20.3 Å². The van der Waals surface area contributed by atoms with Gasteiger partial charge in [0.1, 0.15) is 5.75 Å². The van der Waals surface area contributed by atoms with E-state index in [1.807, 2.05) is 13.1 Å². The Morgan fingerprint density at radius 3 is 2.55 bits per heavy atom. The molecule has 2 aliphatic rings. The van der Waals surface area contributed by atoms with Gasteiger partial charge in [-0.05, 0) is 77.3 Å². The van der Waals surface area contributed by atoms with Crippen LogP contribution in [0.15, 0.2) is 29.3 Å². The molecule has 6 nitrogen and oxygen atoms in total. The van der Waals surface area contributed by atoms with Gasteiger partial charge in [0, 0.05) is 25.7 Å². The molecule has 29 heavy (non-hydrogen) atoms. The number of rotatable bonds is 8. The lowest BCUT2D eigenvalue weighted by molar-refractivity contribution is 0.213. The molecule has 0 aromatic heterocycles. The Kier molecular flexibility index (Phi) is 8.62. The van der Waals surface area contributed by atoms with Crippen LogP contribution in [0.1, 0.15) is 43.7 Å². The van der Waals surface area contributed by atoms with Gasteiger partial charge in [0.25, 0.3) is 0 Å². The number of benzene rings is 1. The highest BCUT2D eigenvalue weighted by atomic mass is 16.5. The summed E-state index contributed by atoms with van der Waals surface area (Å²) in [6.45, 7) is 6.56. The van der Waals surface area contributed by atoms with Crippen molar-refractivity contribution >= 4 is 5.96 Å². The highest BCUT2D eigenvalue weighted by molar-refractivity contribution is 5.79. The summed E-state index contributed by atoms with van der Waals surface area (Å²) in [5.41, 5.74) is 1.26. The first-order valence-electron chi connectivity index (χ1n) is 11.2. The molecule has 0 amide bonds. The lowest BCUT2D eigenvalue weighted by Gasteiger charge is -2.30. The number of hydrogen-bond donors (Lipinski definition) is 2. The fraction of sp³-hybridized carbons (Fsp3) is 0.696. The van der Waals surface area contributed by atoms with Gasteiger partial charge in [-0.2, -0.15) is 0 Å². The summed E-state index contributed by atoms with van der Waals surface area (Å²) in [6.07, 6.45) is 6.39. The van der Waals surface area contributed by atoms with Crippen LogP contribution in [0, 0.1) is 5.92 Å². The molecule has 0 saturated carbocycles. The zero-order valence-electron chi connectivity index (χ0n) is 18.5. The third-order valence-corrected chi connectivity index (χ3v) is 6.45. The van der Waals surface area contributed by atoms with Crippen LogP contribution < -0.4 is 15.4 Å². The van der Waals surface area contributed by atoms with Gasteiger partial charge in [-0.3, -0.25) is 9.89 Å². The summed E-state index contributed by atoms with van der Waals surface area (Å²) in [7, 11) is 5.84. The van der Waals surface area contributed by atoms with E-state index in [1.165, 1.54) is 50.8 Å². The zero-order valence-corrected chi connectivity index (χ0v) is 18.5. The van der Waals surface area contributed by atoms with Crippen molar-refractivity contribution in [1.82, 2.24) is 20.4 Å². The standard InChI is InChI=1S/C23H39N5O/c1-24-23(25-13-10-19-11-16-27(2)17-12-19)26-18-21(28-14-6-7-15-28)20-8-4-5-9-22(20)29-3/h4-5,8-9,19,21H,6-7,10-18H2,1-3H3,(H2,24,25,26). The maximum Gasteiger partial charge on any atom is 0.191 e. The average molecular weight is 402 g/mol. The van der Waals surface area contributed by atoms with Gasteiger partial charge in [0.05, 0.1) is 13.2 Å². The Labute approximate surface area is 176 Å². The van der Waals surface area contributed by atoms with E-state index in [2.05, 4.69) is 50.7 Å². The van der Waals surface area contributed by atoms with Crippen molar-refractivity contribution in [3.8, 4) is 5.75 Å². The second-order valence-electron chi connectivity index (χ2n) is 8.42. The Morgan fingerprint density at radius 2 is 1.86 bits per heavy atom. The number of para-hydroxylation sites is 1. The number of aliphatic imine (C=N–C) groups is 1. The van der Waals surface area contributed by atoms with Crippen molar-refractivity contribution in [3.63, 3.8) is 0 Å². The monoisotopic (exact) mass is 401 g/mol. The van der Waals surface area contributed by atoms with Crippen LogP contribution >= 0.6 is 0 Å². The average Bonchev–Trinajstić information content (AvgIpc) is 3.29. The Morgan fingerprint density at radius 1 is 1.14 bits per heavy atom. The van der Waals surface area contributed by atoms with Gasteiger partial charge in [-0.25, -0.2) is 0 Å². The molecule has 0 spiro atoms. The molecule has 1 aromatic carbocycles. The predicted octanol–water partition coefficient (Wildman–Crippen LogP) is 2.73. The van der Waals surface area contributed by atoms with E-state index in [1.54, 1.807) is 7.11 Å². The molecule has 0 aliphatic carbocycles. The van der Waals surface area contributed by atoms with Crippen LogP contribution in [-0.4, -0.2) is 76.2 Å². The normalized spacial score (nSPS) is 20.6. The minimum Gasteiger partial charge on any atom is -0.496 e. The van der Waals surface area contributed by atoms with Crippen molar-refractivity contribution < 1.29 is 4.74 Å². The van der Waals surface area contributed by atoms with E-state index >= 15 is 0 Å². The summed E-state index contributed by atoms with van der Waals surface area (Å²) in [5.74, 6) is 2.70. The molecule has 2 saturated heterocycles. The molecule has 0 bridgehead atoms. The maximum absolute atomic E-state index is 5.65. The first kappa shape index (κ1) is 21.9. The van der Waals surface area contributed by atoms with Crippen molar-refractivity contribution in [2.24, 2.45) is 10.9 Å². The minimum absolute atomic E-state index is 0.293. The van der Waals surface area contributed by atoms with Gasteiger partial charge in [0.15, 0.2) is 5.96 Å². The van der Waals surface area contributed by atoms with E-state index < -0.39 is 0 Å². The molecular weight excluding hydrogens is 362 g/mol. The number of hydrogen-bond acceptors (Lipinski definition) is 4. The van der Waals surface area contributed by atoms with Crippen molar-refractivity contribution in [2.45, 2.75) is 38.1 Å². The van der Waals surface area contributed by atoms with E-state index in [4.69, 9.17) is 4.74 Å². The number of likely N-dealkylation sites (tertiary alicyclic amines) is 2. The second kappa shape index (κ2) is 11.4. The van der Waals surface area contributed by atoms with E-state index in [0.717, 1.165) is 43.8 Å². The van der Waals surface area contributed by atoms with Gasteiger partial charge in [0.2, 0.25) is 0 Å². The van der Waals surface area contributed by atoms with E-state index in [-0.39, 0.29) is 0 Å². The highest BCUT2D eigenvalue weighted by Crippen LogP contribution is 2.31. The molecule has 2 N–H and O–H groups in total. The fourth-order valence-electron chi connectivity index (χ4n) is 4.59. The molecular formula is C23H39N5O. The van der Waals surface area contributed by atoms with Crippen LogP contribution in [0.5, 0.6) is 5.75 Å². The minimum atomic E-state index is 0.293. The molecule has 162 valence electrons. The third kappa shape index (κ3) is 6.34.